The molecule has 1 saturated heterocycles. The number of anilines is 1. The van der Waals surface area contributed by atoms with E-state index in [0.717, 1.165) is 16.6 Å². The number of sulfonamides is 1. The Bertz CT molecular complexity index is 1330. The van der Waals surface area contributed by atoms with Crippen molar-refractivity contribution in [1.82, 2.24) is 14.4 Å². The van der Waals surface area contributed by atoms with E-state index in [1.54, 1.807) is 24.4 Å². The van der Waals surface area contributed by atoms with Crippen LogP contribution in [0.25, 0.3) is 10.9 Å². The van der Waals surface area contributed by atoms with Gasteiger partial charge in [0, 0.05) is 49.0 Å². The van der Waals surface area contributed by atoms with Gasteiger partial charge >= 0.3 is 0 Å². The Balaban J connectivity index is 1.46. The van der Waals surface area contributed by atoms with Gasteiger partial charge in [0.05, 0.1) is 11.3 Å². The second kappa shape index (κ2) is 10.2. The van der Waals surface area contributed by atoms with Gasteiger partial charge in [0.25, 0.3) is 0 Å². The number of hydroxylamine groups is 2. The van der Waals surface area contributed by atoms with E-state index in [0.29, 0.717) is 18.7 Å². The van der Waals surface area contributed by atoms with Gasteiger partial charge in [-0.15, -0.1) is 0 Å². The van der Waals surface area contributed by atoms with E-state index in [4.69, 9.17) is 0 Å². The number of pyridine rings is 1. The lowest BCUT2D eigenvalue weighted by atomic mass is 10.1. The number of hydrogen-bond donors (Lipinski definition) is 1. The highest BCUT2D eigenvalue weighted by Crippen LogP contribution is 2.19. The zero-order chi connectivity index (χ0) is 24.1. The van der Waals surface area contributed by atoms with Gasteiger partial charge in [-0.1, -0.05) is 30.0 Å². The van der Waals surface area contributed by atoms with E-state index < -0.39 is 21.8 Å². The number of aromatic nitrogens is 1. The monoisotopic (exact) mass is 482 g/mol. The molecule has 1 N–H and O–H groups in total. The van der Waals surface area contributed by atoms with Crippen molar-refractivity contribution in [1.29, 1.82) is 0 Å². The van der Waals surface area contributed by atoms with Crippen LogP contribution < -0.4 is 4.90 Å². The van der Waals surface area contributed by atoms with Crippen molar-refractivity contribution in [2.45, 2.75) is 6.04 Å². The smallest absolute Gasteiger partial charge is 0.234 e. The Kier molecular flexibility index (Phi) is 7.07. The lowest BCUT2D eigenvalue weighted by Crippen LogP contribution is -2.51. The Morgan fingerprint density at radius 2 is 1.82 bits per heavy atom. The second-order valence-corrected chi connectivity index (χ2v) is 9.84. The summed E-state index contributed by atoms with van der Waals surface area (Å²) in [5.74, 6) is 4.62. The van der Waals surface area contributed by atoms with Gasteiger partial charge in [0.15, 0.2) is 0 Å². The molecule has 10 heteroatoms. The largest absolute Gasteiger partial charge is 0.369 e. The normalized spacial score (nSPS) is 15.4. The maximum absolute atomic E-state index is 13.2. The third kappa shape index (κ3) is 5.51. The highest BCUT2D eigenvalue weighted by Gasteiger charge is 2.31. The first-order valence-corrected chi connectivity index (χ1v) is 12.2. The van der Waals surface area contributed by atoms with Gasteiger partial charge in [-0.05, 0) is 36.4 Å². The van der Waals surface area contributed by atoms with E-state index in [-0.39, 0.29) is 30.4 Å². The lowest BCUT2D eigenvalue weighted by molar-refractivity contribution is -0.153. The van der Waals surface area contributed by atoms with Crippen molar-refractivity contribution in [2.75, 3.05) is 36.8 Å². The topological polar surface area (TPSA) is 94.0 Å². The van der Waals surface area contributed by atoms with E-state index in [1.807, 2.05) is 29.2 Å². The van der Waals surface area contributed by atoms with Crippen LogP contribution in [0, 0.1) is 17.7 Å². The fourth-order valence-corrected chi connectivity index (χ4v) is 5.31. The number of rotatable bonds is 6. The molecule has 1 atom stereocenters. The summed E-state index contributed by atoms with van der Waals surface area (Å²) in [6.07, 6.45) is 1.69. The van der Waals surface area contributed by atoms with Gasteiger partial charge in [0.2, 0.25) is 16.4 Å². The molecule has 1 fully saturated rings. The summed E-state index contributed by atoms with van der Waals surface area (Å²) in [6.45, 7) is 1.31. The van der Waals surface area contributed by atoms with Crippen molar-refractivity contribution in [3.8, 4) is 11.8 Å². The first kappa shape index (κ1) is 23.6. The quantitative estimate of drug-likeness (QED) is 0.250. The fraction of sp³-hybridized carbons (Fsp3) is 0.250. The van der Waals surface area contributed by atoms with Crippen LogP contribution in [0.3, 0.4) is 0 Å². The van der Waals surface area contributed by atoms with Crippen molar-refractivity contribution in [2.24, 2.45) is 0 Å². The summed E-state index contributed by atoms with van der Waals surface area (Å²) in [6, 6.07) is 14.1. The van der Waals surface area contributed by atoms with E-state index >= 15 is 0 Å². The molecule has 176 valence electrons. The summed E-state index contributed by atoms with van der Waals surface area (Å²) in [5.41, 5.74) is 2.14. The van der Waals surface area contributed by atoms with Crippen molar-refractivity contribution in [3.05, 3.63) is 72.2 Å². The zero-order valence-electron chi connectivity index (χ0n) is 18.2. The van der Waals surface area contributed by atoms with Crippen molar-refractivity contribution in [3.63, 3.8) is 0 Å². The average Bonchev–Trinajstić information content (AvgIpc) is 2.86. The molecular weight excluding hydrogens is 459 g/mol. The lowest BCUT2D eigenvalue weighted by Gasteiger charge is -2.36. The van der Waals surface area contributed by atoms with Crippen molar-refractivity contribution >= 4 is 33.0 Å². The molecule has 0 aliphatic carbocycles. The maximum atomic E-state index is 13.2. The molecule has 2 heterocycles. The maximum Gasteiger partial charge on any atom is 0.234 e. The molecular formula is C24H23FN4O4S. The summed E-state index contributed by atoms with van der Waals surface area (Å²) in [7, 11) is -3.82. The van der Waals surface area contributed by atoms with E-state index in [9.17, 15) is 22.8 Å². The Morgan fingerprint density at radius 3 is 2.53 bits per heavy atom. The number of fused-ring (bicyclic) bond motifs is 1. The fourth-order valence-electron chi connectivity index (χ4n) is 3.74. The molecule has 34 heavy (non-hydrogen) atoms. The average molecular weight is 483 g/mol. The third-order valence-corrected chi connectivity index (χ3v) is 7.48. The number of carbonyl (C=O) groups excluding carboxylic acids is 1. The minimum absolute atomic E-state index is 0.139. The Labute approximate surface area is 197 Å². The van der Waals surface area contributed by atoms with Gasteiger partial charge < -0.3 is 4.90 Å². The summed E-state index contributed by atoms with van der Waals surface area (Å²) >= 11 is 0. The van der Waals surface area contributed by atoms with Crippen LogP contribution in [-0.2, 0) is 14.8 Å². The zero-order valence-corrected chi connectivity index (χ0v) is 19.0. The van der Waals surface area contributed by atoms with E-state index in [1.165, 1.54) is 16.4 Å². The molecule has 1 aliphatic rings. The molecule has 0 saturated carbocycles. The van der Waals surface area contributed by atoms with Crippen LogP contribution in [-0.4, -0.2) is 72.4 Å². The molecule has 0 bridgehead atoms. The first-order chi connectivity index (χ1) is 16.4. The van der Waals surface area contributed by atoms with Gasteiger partial charge in [-0.25, -0.2) is 17.9 Å². The van der Waals surface area contributed by atoms with Crippen LogP contribution >= 0.6 is 0 Å². The molecule has 4 rings (SSSR count). The number of halogens is 1. The number of nitrogens with zero attached hydrogens (tertiary/aromatic N) is 4. The minimum atomic E-state index is -3.82. The molecule has 1 aromatic heterocycles. The third-order valence-electron chi connectivity index (χ3n) is 5.59. The minimum Gasteiger partial charge on any atom is -0.369 e. The standard InChI is InChI=1S/C24H23FN4O4S/c25-21-6-9-22(10-7-21)27-11-13-28(14-12-27)34(32,33)17-23(29(31)18-30)8-5-19-15-20-3-1-2-4-24(20)26-16-19/h1-4,6-7,9-10,15-16,18,23,31H,11-14,17H2. The number of benzene rings is 2. The Hall–Kier alpha value is -3.52. The number of piperazine rings is 1. The summed E-state index contributed by atoms with van der Waals surface area (Å²) in [4.78, 5) is 17.5. The van der Waals surface area contributed by atoms with Gasteiger partial charge in [-0.3, -0.25) is 15.0 Å². The molecule has 1 aliphatic heterocycles. The van der Waals surface area contributed by atoms with Gasteiger partial charge in [-0.2, -0.15) is 4.31 Å². The SMILES string of the molecule is O=CN(O)C(C#Cc1cnc2ccccc2c1)CS(=O)(=O)N1CCN(c2ccc(F)cc2)CC1. The second-order valence-electron chi connectivity index (χ2n) is 7.83. The van der Waals surface area contributed by atoms with Crippen LogP contribution in [0.5, 0.6) is 0 Å². The number of carbonyl (C=O) groups is 1. The van der Waals surface area contributed by atoms with Crippen LogP contribution in [0.1, 0.15) is 5.56 Å². The van der Waals surface area contributed by atoms with Crippen LogP contribution in [0.2, 0.25) is 0 Å². The van der Waals surface area contributed by atoms with Crippen LogP contribution in [0.4, 0.5) is 10.1 Å². The van der Waals surface area contributed by atoms with Crippen LogP contribution in [0.15, 0.2) is 60.8 Å². The molecule has 0 radical (unpaired) electrons. The Morgan fingerprint density at radius 1 is 1.12 bits per heavy atom. The molecule has 2 aromatic carbocycles. The number of para-hydroxylation sites is 1. The highest BCUT2D eigenvalue weighted by molar-refractivity contribution is 7.89. The van der Waals surface area contributed by atoms with Crippen molar-refractivity contribution < 1.29 is 22.8 Å². The number of hydrogen-bond acceptors (Lipinski definition) is 6. The molecule has 0 spiro atoms. The van der Waals surface area contributed by atoms with Gasteiger partial charge in [0.1, 0.15) is 11.9 Å². The predicted octanol–water partition coefficient (Wildman–Crippen LogP) is 2.09. The summed E-state index contributed by atoms with van der Waals surface area (Å²) in [5, 5.41) is 11.1. The first-order valence-electron chi connectivity index (χ1n) is 10.6. The molecule has 1 amide bonds. The highest BCUT2D eigenvalue weighted by atomic mass is 32.2. The van der Waals surface area contributed by atoms with E-state index in [2.05, 4.69) is 16.8 Å². The number of amides is 1. The molecule has 1 unspecified atom stereocenters. The summed E-state index contributed by atoms with van der Waals surface area (Å²) < 4.78 is 40.5. The molecule has 3 aromatic rings. The predicted molar refractivity (Wildman–Crippen MR) is 126 cm³/mol. The molecule has 8 nitrogen and oxygen atoms in total.